The lowest BCUT2D eigenvalue weighted by molar-refractivity contribution is -0.118. The predicted octanol–water partition coefficient (Wildman–Crippen LogP) is 3.60. The summed E-state index contributed by atoms with van der Waals surface area (Å²) in [5.41, 5.74) is 3.81. The molecule has 1 aliphatic heterocycles. The van der Waals surface area contributed by atoms with E-state index in [9.17, 15) is 14.4 Å². The first kappa shape index (κ1) is 20.3. The molecule has 150 valence electrons. The van der Waals surface area contributed by atoms with Gasteiger partial charge in [-0.3, -0.25) is 9.59 Å². The Kier molecular flexibility index (Phi) is 6.07. The number of nitrogens with one attached hydrogen (secondary N) is 1. The number of anilines is 2. The largest absolute Gasteiger partial charge is 0.462 e. The van der Waals surface area contributed by atoms with Crippen LogP contribution in [0.1, 0.15) is 41.3 Å². The number of amides is 2. The van der Waals surface area contributed by atoms with Crippen LogP contribution in [0.4, 0.5) is 11.4 Å². The van der Waals surface area contributed by atoms with E-state index in [-0.39, 0.29) is 30.4 Å². The van der Waals surface area contributed by atoms with Crippen molar-refractivity contribution in [2.75, 3.05) is 16.9 Å². The van der Waals surface area contributed by atoms with E-state index in [0.29, 0.717) is 23.5 Å². The summed E-state index contributed by atoms with van der Waals surface area (Å²) in [5, 5.41) is 8.39. The minimum Gasteiger partial charge on any atom is -0.462 e. The number of hydrogen-bond donors (Lipinski definition) is 1. The minimum absolute atomic E-state index is 0.144. The zero-order valence-corrected chi connectivity index (χ0v) is 16.7. The van der Waals surface area contributed by atoms with Gasteiger partial charge in [0.05, 0.1) is 17.9 Å². The standard InChI is InChI=1S/C22H23N3O4/c1-4-29-22(28)16-7-9-17(10-8-16)23-21(27)18-11-12-20(26)25(24-18)19-13-14(2)5-6-15(19)3/h5-10,13H,4,11-12H2,1-3H3,(H,23,27). The third-order valence-electron chi connectivity index (χ3n) is 4.54. The molecule has 0 saturated heterocycles. The first-order chi connectivity index (χ1) is 13.9. The molecule has 1 N–H and O–H groups in total. The molecule has 0 saturated carbocycles. The van der Waals surface area contributed by atoms with Crippen LogP contribution in [0.2, 0.25) is 0 Å². The fourth-order valence-corrected chi connectivity index (χ4v) is 2.96. The van der Waals surface area contributed by atoms with Crippen molar-refractivity contribution in [1.82, 2.24) is 0 Å². The van der Waals surface area contributed by atoms with Crippen LogP contribution in [-0.4, -0.2) is 30.1 Å². The summed E-state index contributed by atoms with van der Waals surface area (Å²) in [6.45, 7) is 5.88. The molecule has 0 aliphatic carbocycles. The fraction of sp³-hybridized carbons (Fsp3) is 0.273. The summed E-state index contributed by atoms with van der Waals surface area (Å²) in [6, 6.07) is 12.2. The maximum atomic E-state index is 12.7. The van der Waals surface area contributed by atoms with E-state index in [1.165, 1.54) is 5.01 Å². The van der Waals surface area contributed by atoms with E-state index in [2.05, 4.69) is 10.4 Å². The van der Waals surface area contributed by atoms with Crippen LogP contribution < -0.4 is 10.3 Å². The van der Waals surface area contributed by atoms with E-state index < -0.39 is 5.97 Å². The van der Waals surface area contributed by atoms with Crippen LogP contribution in [0.25, 0.3) is 0 Å². The average molecular weight is 393 g/mol. The predicted molar refractivity (Wildman–Crippen MR) is 111 cm³/mol. The molecule has 0 fully saturated rings. The maximum Gasteiger partial charge on any atom is 0.338 e. The third-order valence-corrected chi connectivity index (χ3v) is 4.54. The molecule has 3 rings (SSSR count). The van der Waals surface area contributed by atoms with Gasteiger partial charge in [0.15, 0.2) is 0 Å². The SMILES string of the molecule is CCOC(=O)c1ccc(NC(=O)C2=NN(c3cc(C)ccc3C)C(=O)CC2)cc1. The van der Waals surface area contributed by atoms with Gasteiger partial charge in [0, 0.05) is 18.5 Å². The third kappa shape index (κ3) is 4.68. The first-order valence-corrected chi connectivity index (χ1v) is 9.45. The summed E-state index contributed by atoms with van der Waals surface area (Å²) in [7, 11) is 0. The molecule has 0 aromatic heterocycles. The number of rotatable bonds is 5. The molecule has 0 bridgehead atoms. The Morgan fingerprint density at radius 1 is 1.10 bits per heavy atom. The molecule has 2 aromatic carbocycles. The Bertz CT molecular complexity index is 980. The number of carbonyl (C=O) groups is 3. The van der Waals surface area contributed by atoms with Crippen molar-refractivity contribution in [3.05, 3.63) is 59.2 Å². The Balaban J connectivity index is 1.77. The van der Waals surface area contributed by atoms with Crippen LogP contribution in [0.15, 0.2) is 47.6 Å². The monoisotopic (exact) mass is 393 g/mol. The summed E-state index contributed by atoms with van der Waals surface area (Å²) in [6.07, 6.45) is 0.481. The number of ether oxygens (including phenoxy) is 1. The van der Waals surface area contributed by atoms with Crippen molar-refractivity contribution < 1.29 is 19.1 Å². The van der Waals surface area contributed by atoms with E-state index in [4.69, 9.17) is 4.74 Å². The highest BCUT2D eigenvalue weighted by Gasteiger charge is 2.26. The maximum absolute atomic E-state index is 12.7. The van der Waals surface area contributed by atoms with Crippen molar-refractivity contribution >= 4 is 34.9 Å². The molecule has 0 radical (unpaired) electrons. The highest BCUT2D eigenvalue weighted by Crippen LogP contribution is 2.25. The topological polar surface area (TPSA) is 88.1 Å². The Morgan fingerprint density at radius 2 is 1.83 bits per heavy atom. The van der Waals surface area contributed by atoms with Gasteiger partial charge >= 0.3 is 5.97 Å². The van der Waals surface area contributed by atoms with Crippen LogP contribution >= 0.6 is 0 Å². The first-order valence-electron chi connectivity index (χ1n) is 9.45. The Morgan fingerprint density at radius 3 is 2.52 bits per heavy atom. The lowest BCUT2D eigenvalue weighted by Gasteiger charge is -2.24. The van der Waals surface area contributed by atoms with Gasteiger partial charge in [-0.15, -0.1) is 0 Å². The van der Waals surface area contributed by atoms with Crippen LogP contribution in [-0.2, 0) is 14.3 Å². The second kappa shape index (κ2) is 8.68. The number of hydrazone groups is 1. The highest BCUT2D eigenvalue weighted by molar-refractivity contribution is 6.44. The van der Waals surface area contributed by atoms with E-state index >= 15 is 0 Å². The van der Waals surface area contributed by atoms with Crippen LogP contribution in [0.5, 0.6) is 0 Å². The van der Waals surface area contributed by atoms with Crippen LogP contribution in [0.3, 0.4) is 0 Å². The van der Waals surface area contributed by atoms with Crippen molar-refractivity contribution in [3.8, 4) is 0 Å². The molecular formula is C22H23N3O4. The molecule has 0 unspecified atom stereocenters. The molecule has 2 aromatic rings. The van der Waals surface area contributed by atoms with Gasteiger partial charge in [0.2, 0.25) is 5.91 Å². The molecular weight excluding hydrogens is 370 g/mol. The van der Waals surface area contributed by atoms with Crippen molar-refractivity contribution in [2.24, 2.45) is 5.10 Å². The molecule has 29 heavy (non-hydrogen) atoms. The fourth-order valence-electron chi connectivity index (χ4n) is 2.96. The Labute approximate surface area is 169 Å². The van der Waals surface area contributed by atoms with Gasteiger partial charge in [0.25, 0.3) is 5.91 Å². The van der Waals surface area contributed by atoms with Gasteiger partial charge in [-0.25, -0.2) is 9.80 Å². The van der Waals surface area contributed by atoms with Crippen molar-refractivity contribution in [2.45, 2.75) is 33.6 Å². The number of benzene rings is 2. The van der Waals surface area contributed by atoms with E-state index in [1.807, 2.05) is 32.0 Å². The molecule has 0 atom stereocenters. The minimum atomic E-state index is -0.412. The van der Waals surface area contributed by atoms with Crippen LogP contribution in [0, 0.1) is 13.8 Å². The van der Waals surface area contributed by atoms with Gasteiger partial charge in [0.1, 0.15) is 5.71 Å². The summed E-state index contributed by atoms with van der Waals surface area (Å²) >= 11 is 0. The number of aryl methyl sites for hydroxylation is 2. The van der Waals surface area contributed by atoms with Crippen molar-refractivity contribution in [1.29, 1.82) is 0 Å². The quantitative estimate of drug-likeness (QED) is 0.786. The normalized spacial score (nSPS) is 13.7. The van der Waals surface area contributed by atoms with Gasteiger partial charge in [-0.1, -0.05) is 12.1 Å². The summed E-state index contributed by atoms with van der Waals surface area (Å²) < 4.78 is 4.94. The van der Waals surface area contributed by atoms with Gasteiger partial charge in [-0.05, 0) is 62.2 Å². The summed E-state index contributed by atoms with van der Waals surface area (Å²) in [4.78, 5) is 36.7. The number of hydrogen-bond acceptors (Lipinski definition) is 5. The van der Waals surface area contributed by atoms with E-state index in [0.717, 1.165) is 11.1 Å². The zero-order valence-electron chi connectivity index (χ0n) is 16.7. The molecule has 2 amide bonds. The molecule has 1 heterocycles. The lowest BCUT2D eigenvalue weighted by atomic mass is 10.1. The second-order valence-corrected chi connectivity index (χ2v) is 6.79. The highest BCUT2D eigenvalue weighted by atomic mass is 16.5. The number of esters is 1. The molecule has 7 heteroatoms. The van der Waals surface area contributed by atoms with Crippen molar-refractivity contribution in [3.63, 3.8) is 0 Å². The average Bonchev–Trinajstić information content (AvgIpc) is 2.71. The van der Waals surface area contributed by atoms with Gasteiger partial charge < -0.3 is 10.1 Å². The molecule has 1 aliphatic rings. The number of carbonyl (C=O) groups excluding carboxylic acids is 3. The molecule has 0 spiro atoms. The lowest BCUT2D eigenvalue weighted by Crippen LogP contribution is -2.36. The number of nitrogens with zero attached hydrogens (tertiary/aromatic N) is 2. The Hall–Kier alpha value is -3.48. The smallest absolute Gasteiger partial charge is 0.338 e. The second-order valence-electron chi connectivity index (χ2n) is 6.79. The summed E-state index contributed by atoms with van der Waals surface area (Å²) in [5.74, 6) is -0.935. The molecule has 7 nitrogen and oxygen atoms in total. The van der Waals surface area contributed by atoms with Gasteiger partial charge in [-0.2, -0.15) is 5.10 Å². The van der Waals surface area contributed by atoms with E-state index in [1.54, 1.807) is 31.2 Å². The zero-order chi connectivity index (χ0) is 21.0.